The van der Waals surface area contributed by atoms with Gasteiger partial charge >= 0.3 is 0 Å². The van der Waals surface area contributed by atoms with Gasteiger partial charge in [-0.25, -0.2) is 0 Å². The second-order valence-electron chi connectivity index (χ2n) is 4.53. The van der Waals surface area contributed by atoms with Gasteiger partial charge in [-0.05, 0) is 50.0 Å². The van der Waals surface area contributed by atoms with Gasteiger partial charge in [0.15, 0.2) is 0 Å². The zero-order valence-corrected chi connectivity index (χ0v) is 10.2. The monoisotopic (exact) mass is 218 g/mol. The van der Waals surface area contributed by atoms with E-state index >= 15 is 0 Å². The van der Waals surface area contributed by atoms with Crippen molar-refractivity contribution in [3.05, 3.63) is 29.8 Å². The van der Waals surface area contributed by atoms with Crippen LogP contribution in [0.5, 0.6) is 0 Å². The highest BCUT2D eigenvalue weighted by Gasteiger charge is 2.09. The summed E-state index contributed by atoms with van der Waals surface area (Å²) in [7, 11) is 0. The first-order valence-corrected chi connectivity index (χ1v) is 6.43. The summed E-state index contributed by atoms with van der Waals surface area (Å²) in [5.74, 6) is 0. The summed E-state index contributed by atoms with van der Waals surface area (Å²) in [5.41, 5.74) is 2.67. The van der Waals surface area contributed by atoms with Crippen LogP contribution in [0.2, 0.25) is 0 Å². The number of likely N-dealkylation sites (tertiary alicyclic amines) is 1. The Kier molecular flexibility index (Phi) is 4.23. The van der Waals surface area contributed by atoms with E-state index in [-0.39, 0.29) is 0 Å². The number of anilines is 1. The van der Waals surface area contributed by atoms with Crippen LogP contribution in [0.15, 0.2) is 24.3 Å². The Hall–Kier alpha value is -1.02. The molecule has 16 heavy (non-hydrogen) atoms. The molecule has 1 aliphatic rings. The minimum atomic E-state index is 1.06. The van der Waals surface area contributed by atoms with Crippen molar-refractivity contribution >= 4 is 5.69 Å². The lowest BCUT2D eigenvalue weighted by atomic mass is 10.1. The summed E-state index contributed by atoms with van der Waals surface area (Å²) in [6, 6.07) is 8.73. The fourth-order valence-corrected chi connectivity index (χ4v) is 2.27. The summed E-state index contributed by atoms with van der Waals surface area (Å²) >= 11 is 0. The van der Waals surface area contributed by atoms with E-state index < -0.39 is 0 Å². The van der Waals surface area contributed by atoms with Crippen molar-refractivity contribution in [2.45, 2.75) is 26.2 Å². The second kappa shape index (κ2) is 5.90. The fraction of sp³-hybridized carbons (Fsp3) is 0.571. The number of aryl methyl sites for hydroxylation is 1. The lowest BCUT2D eigenvalue weighted by Gasteiger charge is -2.15. The maximum Gasteiger partial charge on any atom is 0.0343 e. The lowest BCUT2D eigenvalue weighted by molar-refractivity contribution is 0.352. The smallest absolute Gasteiger partial charge is 0.0343 e. The van der Waals surface area contributed by atoms with Gasteiger partial charge in [-0.3, -0.25) is 0 Å². The van der Waals surface area contributed by atoms with Crippen molar-refractivity contribution in [3.63, 3.8) is 0 Å². The van der Waals surface area contributed by atoms with Crippen LogP contribution >= 0.6 is 0 Å². The fourth-order valence-electron chi connectivity index (χ4n) is 2.27. The Balaban J connectivity index is 1.75. The van der Waals surface area contributed by atoms with E-state index in [0.717, 1.165) is 13.0 Å². The van der Waals surface area contributed by atoms with E-state index in [9.17, 15) is 0 Å². The molecule has 1 saturated heterocycles. The molecule has 88 valence electrons. The molecule has 2 rings (SSSR count). The van der Waals surface area contributed by atoms with Crippen molar-refractivity contribution in [1.82, 2.24) is 4.90 Å². The third-order valence-electron chi connectivity index (χ3n) is 3.29. The first kappa shape index (κ1) is 11.5. The van der Waals surface area contributed by atoms with Crippen molar-refractivity contribution in [2.24, 2.45) is 0 Å². The molecule has 1 aromatic rings. The highest BCUT2D eigenvalue weighted by atomic mass is 15.1. The van der Waals surface area contributed by atoms with E-state index in [4.69, 9.17) is 0 Å². The van der Waals surface area contributed by atoms with Gasteiger partial charge in [-0.2, -0.15) is 0 Å². The van der Waals surface area contributed by atoms with Gasteiger partial charge < -0.3 is 10.2 Å². The largest absolute Gasteiger partial charge is 0.384 e. The minimum absolute atomic E-state index is 1.06. The quantitative estimate of drug-likeness (QED) is 0.817. The molecule has 1 aromatic carbocycles. The molecule has 0 saturated carbocycles. The van der Waals surface area contributed by atoms with Crippen LogP contribution < -0.4 is 5.32 Å². The average molecular weight is 218 g/mol. The van der Waals surface area contributed by atoms with Crippen LogP contribution in [0.25, 0.3) is 0 Å². The summed E-state index contributed by atoms with van der Waals surface area (Å²) in [6.45, 7) is 7.01. The number of benzene rings is 1. The van der Waals surface area contributed by atoms with E-state index in [0.29, 0.717) is 0 Å². The molecule has 0 aliphatic carbocycles. The molecule has 0 atom stereocenters. The molecule has 0 bridgehead atoms. The van der Waals surface area contributed by atoms with Crippen LogP contribution in [0.1, 0.15) is 25.3 Å². The molecule has 1 heterocycles. The molecule has 1 aliphatic heterocycles. The average Bonchev–Trinajstić information content (AvgIpc) is 2.82. The molecule has 1 N–H and O–H groups in total. The highest BCUT2D eigenvalue weighted by Crippen LogP contribution is 2.11. The molecule has 0 unspecified atom stereocenters. The number of hydrogen-bond donors (Lipinski definition) is 1. The van der Waals surface area contributed by atoms with Gasteiger partial charge in [-0.1, -0.05) is 19.1 Å². The standard InChI is InChI=1S/C14H22N2/c1-2-13-6-5-7-14(12-13)15-8-11-16-9-3-4-10-16/h5-7,12,15H,2-4,8-11H2,1H3. The summed E-state index contributed by atoms with van der Waals surface area (Å²) in [6.07, 6.45) is 3.87. The molecular formula is C14H22N2. The van der Waals surface area contributed by atoms with E-state index in [1.807, 2.05) is 0 Å². The summed E-state index contributed by atoms with van der Waals surface area (Å²) in [5, 5.41) is 3.50. The predicted molar refractivity (Wildman–Crippen MR) is 70.0 cm³/mol. The molecule has 0 radical (unpaired) electrons. The van der Waals surface area contributed by atoms with Gasteiger partial charge in [0.25, 0.3) is 0 Å². The number of nitrogens with zero attached hydrogens (tertiary/aromatic N) is 1. The van der Waals surface area contributed by atoms with E-state index in [1.165, 1.54) is 43.7 Å². The SMILES string of the molecule is CCc1cccc(NCCN2CCCC2)c1. The van der Waals surface area contributed by atoms with Crippen molar-refractivity contribution in [3.8, 4) is 0 Å². The molecular weight excluding hydrogens is 196 g/mol. The van der Waals surface area contributed by atoms with Gasteiger partial charge in [0, 0.05) is 18.8 Å². The molecule has 2 heteroatoms. The van der Waals surface area contributed by atoms with Crippen LogP contribution in [-0.2, 0) is 6.42 Å². The molecule has 2 nitrogen and oxygen atoms in total. The second-order valence-corrected chi connectivity index (χ2v) is 4.53. The maximum absolute atomic E-state index is 3.50. The van der Waals surface area contributed by atoms with Crippen molar-refractivity contribution in [2.75, 3.05) is 31.5 Å². The third-order valence-corrected chi connectivity index (χ3v) is 3.29. The van der Waals surface area contributed by atoms with Crippen LogP contribution in [0.3, 0.4) is 0 Å². The Labute approximate surface area is 98.7 Å². The minimum Gasteiger partial charge on any atom is -0.384 e. The Morgan fingerprint density at radius 2 is 2.06 bits per heavy atom. The van der Waals surface area contributed by atoms with E-state index in [1.54, 1.807) is 0 Å². The third kappa shape index (κ3) is 3.24. The maximum atomic E-state index is 3.50. The zero-order valence-electron chi connectivity index (χ0n) is 10.2. The molecule has 1 fully saturated rings. The van der Waals surface area contributed by atoms with E-state index in [2.05, 4.69) is 41.4 Å². The van der Waals surface area contributed by atoms with Gasteiger partial charge in [0.05, 0.1) is 0 Å². The molecule has 0 spiro atoms. The Bertz CT molecular complexity index is 316. The predicted octanol–water partition coefficient (Wildman–Crippen LogP) is 2.76. The highest BCUT2D eigenvalue weighted by molar-refractivity contribution is 5.45. The lowest BCUT2D eigenvalue weighted by Crippen LogP contribution is -2.25. The summed E-state index contributed by atoms with van der Waals surface area (Å²) in [4.78, 5) is 2.54. The van der Waals surface area contributed by atoms with Gasteiger partial charge in [0.1, 0.15) is 0 Å². The normalized spacial score (nSPS) is 16.6. The Morgan fingerprint density at radius 3 is 2.81 bits per heavy atom. The van der Waals surface area contributed by atoms with Crippen LogP contribution in [-0.4, -0.2) is 31.1 Å². The number of hydrogen-bond acceptors (Lipinski definition) is 2. The van der Waals surface area contributed by atoms with Gasteiger partial charge in [-0.15, -0.1) is 0 Å². The first-order chi connectivity index (χ1) is 7.88. The summed E-state index contributed by atoms with van der Waals surface area (Å²) < 4.78 is 0. The first-order valence-electron chi connectivity index (χ1n) is 6.43. The zero-order chi connectivity index (χ0) is 11.2. The number of rotatable bonds is 5. The molecule has 0 amide bonds. The van der Waals surface area contributed by atoms with Crippen LogP contribution in [0.4, 0.5) is 5.69 Å². The van der Waals surface area contributed by atoms with Crippen LogP contribution in [0, 0.1) is 0 Å². The van der Waals surface area contributed by atoms with Crippen molar-refractivity contribution in [1.29, 1.82) is 0 Å². The van der Waals surface area contributed by atoms with Crippen molar-refractivity contribution < 1.29 is 0 Å². The Morgan fingerprint density at radius 1 is 1.25 bits per heavy atom. The molecule has 0 aromatic heterocycles. The topological polar surface area (TPSA) is 15.3 Å². The number of nitrogens with one attached hydrogen (secondary N) is 1. The van der Waals surface area contributed by atoms with Gasteiger partial charge in [0.2, 0.25) is 0 Å².